The maximum atomic E-state index is 11.4. The minimum atomic E-state index is -0.271. The van der Waals surface area contributed by atoms with Crippen LogP contribution in [0, 0.1) is 0 Å². The summed E-state index contributed by atoms with van der Waals surface area (Å²) in [5.74, 6) is -0.542. The lowest BCUT2D eigenvalue weighted by atomic mass is 10.1. The van der Waals surface area contributed by atoms with Gasteiger partial charge in [0.15, 0.2) is 0 Å². The van der Waals surface area contributed by atoms with Crippen molar-refractivity contribution in [2.75, 3.05) is 13.1 Å². The molecule has 7 heteroatoms. The Hall–Kier alpha value is -0.760. The Morgan fingerprint density at radius 3 is 2.44 bits per heavy atom. The van der Waals surface area contributed by atoms with Crippen LogP contribution in [0.2, 0.25) is 0 Å². The van der Waals surface area contributed by atoms with Crippen molar-refractivity contribution in [2.24, 2.45) is 5.73 Å². The topological polar surface area (TPSA) is 75.4 Å². The van der Waals surface area contributed by atoms with Crippen LogP contribution >= 0.6 is 27.3 Å². The highest BCUT2D eigenvalue weighted by atomic mass is 79.9. The molecule has 1 saturated heterocycles. The SMILES string of the molecule is CC(N)C(c1ccc(Br)s1)N1CC(=O)NC(=O)C1. The van der Waals surface area contributed by atoms with E-state index in [-0.39, 0.29) is 37.0 Å². The fourth-order valence-electron chi connectivity index (χ4n) is 2.11. The van der Waals surface area contributed by atoms with E-state index in [0.717, 1.165) is 8.66 Å². The molecule has 2 atom stereocenters. The van der Waals surface area contributed by atoms with E-state index in [1.807, 2.05) is 24.0 Å². The van der Waals surface area contributed by atoms with Crippen LogP contribution in [0.15, 0.2) is 15.9 Å². The number of nitrogens with one attached hydrogen (secondary N) is 1. The minimum Gasteiger partial charge on any atom is -0.326 e. The van der Waals surface area contributed by atoms with Gasteiger partial charge in [-0.05, 0) is 35.0 Å². The molecule has 5 nitrogen and oxygen atoms in total. The molecule has 2 unspecified atom stereocenters. The van der Waals surface area contributed by atoms with Gasteiger partial charge in [0.25, 0.3) is 0 Å². The van der Waals surface area contributed by atoms with Crippen LogP contribution in [-0.2, 0) is 9.59 Å². The smallest absolute Gasteiger partial charge is 0.240 e. The number of hydrogen-bond donors (Lipinski definition) is 2. The number of thiophene rings is 1. The Balaban J connectivity index is 2.25. The summed E-state index contributed by atoms with van der Waals surface area (Å²) >= 11 is 4.98. The number of nitrogens with two attached hydrogens (primary N) is 1. The van der Waals surface area contributed by atoms with Crippen molar-refractivity contribution in [1.82, 2.24) is 10.2 Å². The maximum absolute atomic E-state index is 11.4. The molecule has 0 spiro atoms. The number of amides is 2. The maximum Gasteiger partial charge on any atom is 0.240 e. The Bertz CT molecular complexity index is 459. The molecule has 2 rings (SSSR count). The molecule has 1 aliphatic heterocycles. The number of imide groups is 1. The van der Waals surface area contributed by atoms with Crippen molar-refractivity contribution in [3.05, 3.63) is 20.8 Å². The Morgan fingerprint density at radius 1 is 1.39 bits per heavy atom. The van der Waals surface area contributed by atoms with Gasteiger partial charge in [-0.1, -0.05) is 0 Å². The van der Waals surface area contributed by atoms with E-state index in [0.29, 0.717) is 0 Å². The fraction of sp³-hybridized carbons (Fsp3) is 0.455. The van der Waals surface area contributed by atoms with Gasteiger partial charge in [0.2, 0.25) is 11.8 Å². The van der Waals surface area contributed by atoms with Gasteiger partial charge in [0.05, 0.1) is 22.9 Å². The molecular formula is C11H14BrN3O2S. The van der Waals surface area contributed by atoms with Crippen LogP contribution < -0.4 is 11.1 Å². The normalized spacial score (nSPS) is 20.6. The summed E-state index contributed by atoms with van der Waals surface area (Å²) in [4.78, 5) is 25.7. The largest absolute Gasteiger partial charge is 0.326 e. The van der Waals surface area contributed by atoms with E-state index in [9.17, 15) is 9.59 Å². The summed E-state index contributed by atoms with van der Waals surface area (Å²) in [6.07, 6.45) is 0. The number of piperazine rings is 1. The standard InChI is InChI=1S/C11H14BrN3O2S/c1-6(13)11(7-2-3-8(12)18-7)15-4-9(16)14-10(17)5-15/h2-3,6,11H,4-5,13H2,1H3,(H,14,16,17). The van der Waals surface area contributed by atoms with Crippen molar-refractivity contribution >= 4 is 39.1 Å². The third-order valence-corrected chi connectivity index (χ3v) is 4.44. The first kappa shape index (κ1) is 13.7. The highest BCUT2D eigenvalue weighted by Gasteiger charge is 2.32. The van der Waals surface area contributed by atoms with Crippen LogP contribution in [0.25, 0.3) is 0 Å². The number of carbonyl (C=O) groups is 2. The molecule has 18 heavy (non-hydrogen) atoms. The van der Waals surface area contributed by atoms with Gasteiger partial charge in [-0.3, -0.25) is 19.8 Å². The average Bonchev–Trinajstić information content (AvgIpc) is 2.62. The molecule has 1 aromatic rings. The zero-order valence-corrected chi connectivity index (χ0v) is 12.3. The van der Waals surface area contributed by atoms with Gasteiger partial charge in [0.1, 0.15) is 0 Å². The summed E-state index contributed by atoms with van der Waals surface area (Å²) in [7, 11) is 0. The lowest BCUT2D eigenvalue weighted by Crippen LogP contribution is -2.54. The van der Waals surface area contributed by atoms with E-state index in [1.165, 1.54) is 0 Å². The fourth-order valence-corrected chi connectivity index (χ4v) is 3.79. The number of carbonyl (C=O) groups excluding carboxylic acids is 2. The molecule has 0 saturated carbocycles. The molecule has 0 radical (unpaired) electrons. The van der Waals surface area contributed by atoms with E-state index in [2.05, 4.69) is 21.2 Å². The summed E-state index contributed by atoms with van der Waals surface area (Å²) in [5, 5.41) is 2.29. The molecule has 0 bridgehead atoms. The molecule has 1 aliphatic rings. The summed E-state index contributed by atoms with van der Waals surface area (Å²) < 4.78 is 1.01. The lowest BCUT2D eigenvalue weighted by Gasteiger charge is -2.34. The van der Waals surface area contributed by atoms with Gasteiger partial charge in [-0.2, -0.15) is 0 Å². The number of hydrogen-bond acceptors (Lipinski definition) is 5. The first-order valence-corrected chi connectivity index (χ1v) is 7.16. The molecule has 98 valence electrons. The number of rotatable bonds is 3. The first-order chi connectivity index (χ1) is 8.47. The first-order valence-electron chi connectivity index (χ1n) is 5.55. The van der Waals surface area contributed by atoms with Gasteiger partial charge < -0.3 is 5.73 Å². The third-order valence-electron chi connectivity index (χ3n) is 2.75. The summed E-state index contributed by atoms with van der Waals surface area (Å²) in [6.45, 7) is 2.29. The van der Waals surface area contributed by atoms with Crippen molar-refractivity contribution in [1.29, 1.82) is 0 Å². The second-order valence-corrected chi connectivity index (χ2v) is 6.82. The van der Waals surface area contributed by atoms with Gasteiger partial charge in [-0.15, -0.1) is 11.3 Å². The Labute approximate surface area is 117 Å². The van der Waals surface area contributed by atoms with E-state index < -0.39 is 0 Å². The molecule has 0 aromatic carbocycles. The molecule has 2 amide bonds. The second kappa shape index (κ2) is 5.48. The zero-order chi connectivity index (χ0) is 13.3. The minimum absolute atomic E-state index is 0.115. The average molecular weight is 332 g/mol. The lowest BCUT2D eigenvalue weighted by molar-refractivity contribution is -0.137. The Morgan fingerprint density at radius 2 is 2.00 bits per heavy atom. The predicted octanol–water partition coefficient (Wildman–Crippen LogP) is 0.857. The highest BCUT2D eigenvalue weighted by molar-refractivity contribution is 9.11. The van der Waals surface area contributed by atoms with Gasteiger partial charge in [-0.25, -0.2) is 0 Å². The quantitative estimate of drug-likeness (QED) is 0.805. The second-order valence-electron chi connectivity index (χ2n) is 4.32. The molecule has 1 aromatic heterocycles. The van der Waals surface area contributed by atoms with Crippen LogP contribution in [0.1, 0.15) is 17.8 Å². The predicted molar refractivity (Wildman–Crippen MR) is 73.1 cm³/mol. The van der Waals surface area contributed by atoms with Crippen LogP contribution in [0.4, 0.5) is 0 Å². The molecule has 3 N–H and O–H groups in total. The zero-order valence-electron chi connectivity index (χ0n) is 9.85. The number of halogens is 1. The van der Waals surface area contributed by atoms with Crippen LogP contribution in [-0.4, -0.2) is 35.8 Å². The van der Waals surface area contributed by atoms with Gasteiger partial charge >= 0.3 is 0 Å². The van der Waals surface area contributed by atoms with Crippen molar-refractivity contribution < 1.29 is 9.59 Å². The monoisotopic (exact) mass is 331 g/mol. The van der Waals surface area contributed by atoms with E-state index in [1.54, 1.807) is 11.3 Å². The highest BCUT2D eigenvalue weighted by Crippen LogP contribution is 2.32. The van der Waals surface area contributed by atoms with E-state index in [4.69, 9.17) is 5.73 Å². The van der Waals surface area contributed by atoms with Crippen molar-refractivity contribution in [3.8, 4) is 0 Å². The number of nitrogens with zero attached hydrogens (tertiary/aromatic N) is 1. The van der Waals surface area contributed by atoms with Gasteiger partial charge in [0, 0.05) is 10.9 Å². The van der Waals surface area contributed by atoms with E-state index >= 15 is 0 Å². The molecule has 1 fully saturated rings. The summed E-state index contributed by atoms with van der Waals surface area (Å²) in [6, 6.07) is 3.65. The molecular weight excluding hydrogens is 318 g/mol. The third kappa shape index (κ3) is 2.97. The van der Waals surface area contributed by atoms with Crippen molar-refractivity contribution in [3.63, 3.8) is 0 Å². The molecule has 0 aliphatic carbocycles. The van der Waals surface area contributed by atoms with Crippen molar-refractivity contribution in [2.45, 2.75) is 19.0 Å². The summed E-state index contributed by atoms with van der Waals surface area (Å²) in [5.41, 5.74) is 6.01. The molecule has 2 heterocycles. The van der Waals surface area contributed by atoms with Crippen LogP contribution in [0.5, 0.6) is 0 Å². The Kier molecular flexibility index (Phi) is 4.16. The van der Waals surface area contributed by atoms with Crippen LogP contribution in [0.3, 0.4) is 0 Å².